The highest BCUT2D eigenvalue weighted by Gasteiger charge is 2.13. The number of benzene rings is 2. The van der Waals surface area contributed by atoms with Crippen LogP contribution in [0.2, 0.25) is 0 Å². The van der Waals surface area contributed by atoms with Crippen LogP contribution in [0, 0.1) is 18.3 Å². The third-order valence-electron chi connectivity index (χ3n) is 3.95. The van der Waals surface area contributed by atoms with Crippen LogP contribution in [0.1, 0.15) is 25.0 Å². The number of nitrogens with zero attached hydrogens (tertiary/aromatic N) is 1. The van der Waals surface area contributed by atoms with Gasteiger partial charge in [0.25, 0.3) is 5.91 Å². The number of anilines is 1. The minimum absolute atomic E-state index is 0.124. The van der Waals surface area contributed by atoms with Crippen molar-refractivity contribution in [3.8, 4) is 17.6 Å². The van der Waals surface area contributed by atoms with Crippen LogP contribution in [0.15, 0.2) is 46.4 Å². The molecule has 0 spiro atoms. The van der Waals surface area contributed by atoms with Gasteiger partial charge < -0.3 is 19.5 Å². The molecule has 2 aromatic carbocycles. The molecule has 0 atom stereocenters. The Balaban J connectivity index is 2.13. The van der Waals surface area contributed by atoms with Gasteiger partial charge in [0.2, 0.25) is 0 Å². The number of rotatable bonds is 9. The highest BCUT2D eigenvalue weighted by atomic mass is 79.9. The quantitative estimate of drug-likeness (QED) is 0.314. The second kappa shape index (κ2) is 11.8. The zero-order valence-electron chi connectivity index (χ0n) is 17.5. The van der Waals surface area contributed by atoms with E-state index >= 15 is 0 Å². The summed E-state index contributed by atoms with van der Waals surface area (Å²) in [5.41, 5.74) is 2.15. The highest BCUT2D eigenvalue weighted by molar-refractivity contribution is 9.10. The van der Waals surface area contributed by atoms with Crippen LogP contribution in [-0.4, -0.2) is 31.7 Å². The molecular formula is C23H23BrN2O5. The average Bonchev–Trinajstić information content (AvgIpc) is 2.73. The molecule has 0 saturated heterocycles. The summed E-state index contributed by atoms with van der Waals surface area (Å²) in [5.74, 6) is -0.263. The first-order chi connectivity index (χ1) is 14.9. The first-order valence-electron chi connectivity index (χ1n) is 9.62. The van der Waals surface area contributed by atoms with Gasteiger partial charge in [0.05, 0.1) is 18.9 Å². The van der Waals surface area contributed by atoms with Gasteiger partial charge in [-0.3, -0.25) is 4.79 Å². The molecule has 0 aromatic heterocycles. The summed E-state index contributed by atoms with van der Waals surface area (Å²) in [6, 6.07) is 12.3. The van der Waals surface area contributed by atoms with Crippen molar-refractivity contribution >= 4 is 39.6 Å². The van der Waals surface area contributed by atoms with Crippen molar-refractivity contribution in [3.63, 3.8) is 0 Å². The minimum atomic E-state index is -0.692. The molecule has 7 nitrogen and oxygen atoms in total. The summed E-state index contributed by atoms with van der Waals surface area (Å²) >= 11 is 3.42. The van der Waals surface area contributed by atoms with Crippen molar-refractivity contribution in [1.29, 1.82) is 5.26 Å². The summed E-state index contributed by atoms with van der Waals surface area (Å²) in [7, 11) is 0. The van der Waals surface area contributed by atoms with E-state index in [1.165, 1.54) is 6.08 Å². The van der Waals surface area contributed by atoms with E-state index in [4.69, 9.17) is 14.2 Å². The molecule has 2 aromatic rings. The van der Waals surface area contributed by atoms with E-state index in [9.17, 15) is 14.9 Å². The van der Waals surface area contributed by atoms with Crippen molar-refractivity contribution in [1.82, 2.24) is 0 Å². The molecule has 0 aliphatic carbocycles. The number of aryl methyl sites for hydroxylation is 1. The van der Waals surface area contributed by atoms with Gasteiger partial charge in [-0.2, -0.15) is 5.26 Å². The lowest BCUT2D eigenvalue weighted by Gasteiger charge is -2.13. The lowest BCUT2D eigenvalue weighted by atomic mass is 10.1. The third-order valence-corrected chi connectivity index (χ3v) is 4.61. The number of hydrogen-bond acceptors (Lipinski definition) is 6. The van der Waals surface area contributed by atoms with E-state index in [2.05, 4.69) is 21.2 Å². The molecule has 0 saturated carbocycles. The summed E-state index contributed by atoms with van der Waals surface area (Å²) in [6.07, 6.45) is 1.41. The fourth-order valence-electron chi connectivity index (χ4n) is 2.57. The zero-order chi connectivity index (χ0) is 22.8. The molecule has 1 amide bonds. The number of carbonyl (C=O) groups is 2. The van der Waals surface area contributed by atoms with Crippen molar-refractivity contribution in [2.24, 2.45) is 0 Å². The van der Waals surface area contributed by atoms with Crippen molar-refractivity contribution in [3.05, 3.63) is 57.6 Å². The number of hydrogen-bond donors (Lipinski definition) is 1. The maximum atomic E-state index is 12.3. The van der Waals surface area contributed by atoms with Crippen LogP contribution >= 0.6 is 15.9 Å². The minimum Gasteiger partial charge on any atom is -0.490 e. The molecule has 0 bridgehead atoms. The molecule has 0 heterocycles. The van der Waals surface area contributed by atoms with Gasteiger partial charge in [-0.1, -0.05) is 12.1 Å². The van der Waals surface area contributed by atoms with Crippen LogP contribution in [0.3, 0.4) is 0 Å². The van der Waals surface area contributed by atoms with Crippen molar-refractivity contribution in [2.45, 2.75) is 20.8 Å². The average molecular weight is 487 g/mol. The molecule has 162 valence electrons. The van der Waals surface area contributed by atoms with Gasteiger partial charge in [-0.05, 0) is 78.2 Å². The topological polar surface area (TPSA) is 97.7 Å². The molecule has 0 aliphatic rings. The van der Waals surface area contributed by atoms with Crippen LogP contribution < -0.4 is 14.8 Å². The van der Waals surface area contributed by atoms with Gasteiger partial charge >= 0.3 is 5.97 Å². The molecule has 0 aliphatic heterocycles. The third kappa shape index (κ3) is 7.15. The number of amides is 1. The Bertz CT molecular complexity index is 1030. The first-order valence-corrected chi connectivity index (χ1v) is 10.4. The fourth-order valence-corrected chi connectivity index (χ4v) is 3.16. The number of esters is 1. The smallest absolute Gasteiger partial charge is 0.348 e. The molecule has 2 rings (SSSR count). The number of ether oxygens (including phenoxy) is 3. The number of nitrogens with one attached hydrogen (secondary N) is 1. The number of halogens is 1. The Morgan fingerprint density at radius 3 is 2.52 bits per heavy atom. The van der Waals surface area contributed by atoms with E-state index in [1.807, 2.05) is 32.0 Å². The molecule has 0 fully saturated rings. The largest absolute Gasteiger partial charge is 0.490 e. The predicted octanol–water partition coefficient (Wildman–Crippen LogP) is 4.64. The highest BCUT2D eigenvalue weighted by Crippen LogP contribution is 2.30. The van der Waals surface area contributed by atoms with Crippen molar-refractivity contribution < 1.29 is 23.8 Å². The summed E-state index contributed by atoms with van der Waals surface area (Å²) in [4.78, 5) is 24.1. The fraction of sp³-hybridized carbons (Fsp3) is 0.261. The molecule has 0 unspecified atom stereocenters. The van der Waals surface area contributed by atoms with Gasteiger partial charge in [0, 0.05) is 4.47 Å². The van der Waals surface area contributed by atoms with Crippen LogP contribution in [0.5, 0.6) is 11.5 Å². The summed E-state index contributed by atoms with van der Waals surface area (Å²) in [5, 5.41) is 12.0. The SMILES string of the molecule is CCOC(=O)/C(C#N)=C\c1ccc(OCC(=O)Nc2ccc(C)cc2Br)c(OCC)c1. The van der Waals surface area contributed by atoms with E-state index in [0.717, 1.165) is 10.0 Å². The molecule has 0 radical (unpaired) electrons. The van der Waals surface area contributed by atoms with Gasteiger partial charge in [-0.25, -0.2) is 4.79 Å². The first kappa shape index (κ1) is 24.0. The summed E-state index contributed by atoms with van der Waals surface area (Å²) < 4.78 is 16.9. The Morgan fingerprint density at radius 1 is 1.10 bits per heavy atom. The van der Waals surface area contributed by atoms with E-state index in [1.54, 1.807) is 31.2 Å². The van der Waals surface area contributed by atoms with Crippen LogP contribution in [-0.2, 0) is 14.3 Å². The molecular weight excluding hydrogens is 464 g/mol. The van der Waals surface area contributed by atoms with Gasteiger partial charge in [0.1, 0.15) is 11.6 Å². The Morgan fingerprint density at radius 2 is 1.87 bits per heavy atom. The van der Waals surface area contributed by atoms with Gasteiger partial charge in [0.15, 0.2) is 18.1 Å². The number of nitriles is 1. The predicted molar refractivity (Wildman–Crippen MR) is 121 cm³/mol. The lowest BCUT2D eigenvalue weighted by molar-refractivity contribution is -0.137. The standard InChI is InChI=1S/C23H23BrN2O5/c1-4-29-21-12-16(11-17(13-25)23(28)30-5-2)7-9-20(21)31-14-22(27)26-19-8-6-15(3)10-18(19)24/h6-12H,4-5,14H2,1-3H3,(H,26,27)/b17-11-. The van der Waals surface area contributed by atoms with Crippen molar-refractivity contribution in [2.75, 3.05) is 25.1 Å². The second-order valence-corrected chi connectivity index (χ2v) is 7.20. The van der Waals surface area contributed by atoms with Crippen LogP contribution in [0.4, 0.5) is 5.69 Å². The number of carbonyl (C=O) groups excluding carboxylic acids is 2. The van der Waals surface area contributed by atoms with Gasteiger partial charge in [-0.15, -0.1) is 0 Å². The van der Waals surface area contributed by atoms with E-state index < -0.39 is 5.97 Å². The molecule has 1 N–H and O–H groups in total. The second-order valence-electron chi connectivity index (χ2n) is 6.35. The molecule has 8 heteroatoms. The maximum Gasteiger partial charge on any atom is 0.348 e. The molecule has 31 heavy (non-hydrogen) atoms. The summed E-state index contributed by atoms with van der Waals surface area (Å²) in [6.45, 7) is 5.76. The maximum absolute atomic E-state index is 12.3. The zero-order valence-corrected chi connectivity index (χ0v) is 19.1. The Labute approximate surface area is 189 Å². The monoisotopic (exact) mass is 486 g/mol. The Kier molecular flexibility index (Phi) is 9.10. The normalized spacial score (nSPS) is 10.7. The van der Waals surface area contributed by atoms with Crippen LogP contribution in [0.25, 0.3) is 6.08 Å². The van der Waals surface area contributed by atoms with E-state index in [-0.39, 0.29) is 24.7 Å². The Hall–Kier alpha value is -3.31. The lowest BCUT2D eigenvalue weighted by Crippen LogP contribution is -2.20. The van der Waals surface area contributed by atoms with E-state index in [0.29, 0.717) is 29.4 Å².